The van der Waals surface area contributed by atoms with Gasteiger partial charge in [-0.3, -0.25) is 14.5 Å². The zero-order valence-electron chi connectivity index (χ0n) is 18.1. The van der Waals surface area contributed by atoms with E-state index in [1.807, 2.05) is 43.3 Å². The highest BCUT2D eigenvalue weighted by Gasteiger charge is 2.54. The number of benzene rings is 2. The summed E-state index contributed by atoms with van der Waals surface area (Å²) in [4.78, 5) is 39.2. The minimum Gasteiger partial charge on any atom is -0.494 e. The summed E-state index contributed by atoms with van der Waals surface area (Å²) in [5.74, 6) is 0.648. The molecule has 0 bridgehead atoms. The van der Waals surface area contributed by atoms with Crippen molar-refractivity contribution in [3.05, 3.63) is 59.7 Å². The molecule has 168 valence electrons. The molecule has 0 saturated carbocycles. The second kappa shape index (κ2) is 9.30. The maximum atomic E-state index is 13.2. The first-order chi connectivity index (χ1) is 15.5. The van der Waals surface area contributed by atoms with Crippen molar-refractivity contribution >= 4 is 17.8 Å². The van der Waals surface area contributed by atoms with Gasteiger partial charge < -0.3 is 20.1 Å². The minimum absolute atomic E-state index is 0.254. The van der Waals surface area contributed by atoms with Gasteiger partial charge in [0.05, 0.1) is 13.2 Å². The van der Waals surface area contributed by atoms with Gasteiger partial charge in [-0.1, -0.05) is 24.3 Å². The van der Waals surface area contributed by atoms with Crippen LogP contribution in [-0.2, 0) is 21.5 Å². The van der Waals surface area contributed by atoms with E-state index in [1.54, 1.807) is 12.1 Å². The van der Waals surface area contributed by atoms with Gasteiger partial charge in [-0.25, -0.2) is 4.79 Å². The number of aryl methyl sites for hydroxylation is 1. The lowest BCUT2D eigenvalue weighted by molar-refractivity contribution is -0.135. The first kappa shape index (κ1) is 21.7. The van der Waals surface area contributed by atoms with Gasteiger partial charge in [0.1, 0.15) is 30.2 Å². The van der Waals surface area contributed by atoms with Crippen molar-refractivity contribution in [2.45, 2.75) is 31.7 Å². The lowest BCUT2D eigenvalue weighted by Gasteiger charge is -2.33. The fourth-order valence-corrected chi connectivity index (χ4v) is 4.31. The number of hydrogen-bond donors (Lipinski definition) is 2. The molecule has 2 N–H and O–H groups in total. The van der Waals surface area contributed by atoms with Crippen LogP contribution in [0.3, 0.4) is 0 Å². The Hall–Kier alpha value is -3.55. The molecular formula is C24H27N3O5. The molecule has 1 spiro atoms. The Morgan fingerprint density at radius 2 is 1.81 bits per heavy atom. The summed E-state index contributed by atoms with van der Waals surface area (Å²) >= 11 is 0. The summed E-state index contributed by atoms with van der Waals surface area (Å²) in [6, 6.07) is 14.3. The molecule has 0 aromatic heterocycles. The second-order valence-electron chi connectivity index (χ2n) is 7.84. The lowest BCUT2D eigenvalue weighted by atomic mass is 9.76. The molecule has 1 saturated heterocycles. The summed E-state index contributed by atoms with van der Waals surface area (Å²) < 4.78 is 11.0. The average Bonchev–Trinajstić information content (AvgIpc) is 3.03. The predicted molar refractivity (Wildman–Crippen MR) is 117 cm³/mol. The van der Waals surface area contributed by atoms with Crippen LogP contribution >= 0.6 is 0 Å². The topological polar surface area (TPSA) is 97.0 Å². The summed E-state index contributed by atoms with van der Waals surface area (Å²) in [5.41, 5.74) is 0.824. The Morgan fingerprint density at radius 1 is 1.09 bits per heavy atom. The van der Waals surface area contributed by atoms with Crippen LogP contribution in [0.4, 0.5) is 4.79 Å². The molecule has 2 aromatic carbocycles. The van der Waals surface area contributed by atoms with E-state index in [0.29, 0.717) is 18.8 Å². The summed E-state index contributed by atoms with van der Waals surface area (Å²) in [5, 5.41) is 5.56. The van der Waals surface area contributed by atoms with E-state index in [4.69, 9.17) is 9.47 Å². The molecule has 2 aliphatic rings. The maximum absolute atomic E-state index is 13.2. The van der Waals surface area contributed by atoms with E-state index in [1.165, 1.54) is 0 Å². The van der Waals surface area contributed by atoms with E-state index in [2.05, 4.69) is 10.6 Å². The van der Waals surface area contributed by atoms with Crippen molar-refractivity contribution in [2.24, 2.45) is 0 Å². The van der Waals surface area contributed by atoms with Crippen molar-refractivity contribution < 1.29 is 23.9 Å². The summed E-state index contributed by atoms with van der Waals surface area (Å²) in [7, 11) is 0. The van der Waals surface area contributed by atoms with Crippen molar-refractivity contribution in [1.29, 1.82) is 0 Å². The standard InChI is InChI=1S/C24H27N3O5/c1-2-31-18-9-11-19(12-10-18)32-15-14-25-21(28)16-27-22(29)24(26-23(27)30)13-5-7-17-6-3-4-8-20(17)24/h3-4,6,8-12H,2,5,7,13-16H2,1H3,(H,25,28)(H,26,30). The average molecular weight is 437 g/mol. The molecule has 32 heavy (non-hydrogen) atoms. The molecular weight excluding hydrogens is 410 g/mol. The third-order valence-corrected chi connectivity index (χ3v) is 5.78. The number of ether oxygens (including phenoxy) is 2. The Bertz CT molecular complexity index is 1010. The second-order valence-corrected chi connectivity index (χ2v) is 7.84. The number of fused-ring (bicyclic) bond motifs is 2. The Morgan fingerprint density at radius 3 is 2.56 bits per heavy atom. The van der Waals surface area contributed by atoms with Crippen LogP contribution in [0, 0.1) is 0 Å². The highest BCUT2D eigenvalue weighted by atomic mass is 16.5. The number of carbonyl (C=O) groups excluding carboxylic acids is 3. The van der Waals surface area contributed by atoms with Crippen LogP contribution in [0.25, 0.3) is 0 Å². The largest absolute Gasteiger partial charge is 0.494 e. The number of nitrogens with one attached hydrogen (secondary N) is 2. The van der Waals surface area contributed by atoms with Gasteiger partial charge in [0, 0.05) is 0 Å². The molecule has 0 radical (unpaired) electrons. The van der Waals surface area contributed by atoms with Gasteiger partial charge in [-0.05, 0) is 61.6 Å². The van der Waals surface area contributed by atoms with Gasteiger partial charge in [0.15, 0.2) is 0 Å². The number of imide groups is 1. The van der Waals surface area contributed by atoms with E-state index < -0.39 is 17.5 Å². The van der Waals surface area contributed by atoms with Crippen LogP contribution in [0.1, 0.15) is 30.9 Å². The van der Waals surface area contributed by atoms with E-state index >= 15 is 0 Å². The third-order valence-electron chi connectivity index (χ3n) is 5.78. The fourth-order valence-electron chi connectivity index (χ4n) is 4.31. The Balaban J connectivity index is 1.29. The third kappa shape index (κ3) is 4.26. The number of carbonyl (C=O) groups is 3. The number of amides is 4. The smallest absolute Gasteiger partial charge is 0.325 e. The van der Waals surface area contributed by atoms with Crippen molar-refractivity contribution in [2.75, 3.05) is 26.3 Å². The zero-order chi connectivity index (χ0) is 22.6. The molecule has 1 unspecified atom stereocenters. The van der Waals surface area contributed by atoms with Crippen molar-refractivity contribution in [1.82, 2.24) is 15.5 Å². The highest BCUT2D eigenvalue weighted by Crippen LogP contribution is 2.39. The van der Waals surface area contributed by atoms with E-state index in [-0.39, 0.29) is 25.6 Å². The van der Waals surface area contributed by atoms with Crippen LogP contribution in [-0.4, -0.2) is 49.0 Å². The number of nitrogens with zero attached hydrogens (tertiary/aromatic N) is 1. The lowest BCUT2D eigenvalue weighted by Crippen LogP contribution is -2.47. The number of hydrogen-bond acceptors (Lipinski definition) is 5. The molecule has 4 amide bonds. The minimum atomic E-state index is -1.07. The normalized spacial score (nSPS) is 19.5. The Kier molecular flexibility index (Phi) is 6.30. The summed E-state index contributed by atoms with van der Waals surface area (Å²) in [6.07, 6.45) is 2.20. The van der Waals surface area contributed by atoms with Gasteiger partial charge in [-0.15, -0.1) is 0 Å². The zero-order valence-corrected chi connectivity index (χ0v) is 18.1. The molecule has 8 heteroatoms. The number of rotatable bonds is 8. The molecule has 1 heterocycles. The van der Waals surface area contributed by atoms with Crippen LogP contribution < -0.4 is 20.1 Å². The van der Waals surface area contributed by atoms with Crippen LogP contribution in [0.15, 0.2) is 48.5 Å². The van der Waals surface area contributed by atoms with Crippen LogP contribution in [0.2, 0.25) is 0 Å². The quantitative estimate of drug-likeness (QED) is 0.488. The van der Waals surface area contributed by atoms with Crippen molar-refractivity contribution in [3.8, 4) is 11.5 Å². The van der Waals surface area contributed by atoms with E-state index in [9.17, 15) is 14.4 Å². The molecule has 2 aromatic rings. The van der Waals surface area contributed by atoms with Gasteiger partial charge >= 0.3 is 6.03 Å². The molecule has 1 aliphatic heterocycles. The maximum Gasteiger partial charge on any atom is 0.325 e. The molecule has 1 aliphatic carbocycles. The summed E-state index contributed by atoms with van der Waals surface area (Å²) in [6.45, 7) is 2.70. The first-order valence-corrected chi connectivity index (χ1v) is 10.9. The Labute approximate surface area is 186 Å². The monoisotopic (exact) mass is 437 g/mol. The van der Waals surface area contributed by atoms with Crippen LogP contribution in [0.5, 0.6) is 11.5 Å². The van der Waals surface area contributed by atoms with Crippen molar-refractivity contribution in [3.63, 3.8) is 0 Å². The van der Waals surface area contributed by atoms with Gasteiger partial charge in [0.25, 0.3) is 5.91 Å². The van der Waals surface area contributed by atoms with E-state index in [0.717, 1.165) is 34.6 Å². The predicted octanol–water partition coefficient (Wildman–Crippen LogP) is 2.36. The molecule has 8 nitrogen and oxygen atoms in total. The molecule has 4 rings (SSSR count). The van der Waals surface area contributed by atoms with Gasteiger partial charge in [0.2, 0.25) is 5.91 Å². The van der Waals surface area contributed by atoms with Gasteiger partial charge in [-0.2, -0.15) is 0 Å². The highest BCUT2D eigenvalue weighted by molar-refractivity contribution is 6.09. The fraction of sp³-hybridized carbons (Fsp3) is 0.375. The molecule has 1 atom stereocenters. The first-order valence-electron chi connectivity index (χ1n) is 10.9. The SMILES string of the molecule is CCOc1ccc(OCCNC(=O)CN2C(=O)NC3(CCCc4ccccc43)C2=O)cc1. The molecule has 1 fully saturated rings. The number of urea groups is 1.